The molecule has 0 saturated carbocycles. The van der Waals surface area contributed by atoms with Gasteiger partial charge in [-0.3, -0.25) is 9.69 Å². The molecule has 1 aliphatic rings. The van der Waals surface area contributed by atoms with Crippen molar-refractivity contribution in [3.8, 4) is 0 Å². The minimum atomic E-state index is -0.763. The zero-order valence-corrected chi connectivity index (χ0v) is 14.3. The van der Waals surface area contributed by atoms with Gasteiger partial charge in [-0.1, -0.05) is 18.5 Å². The predicted octanol–water partition coefficient (Wildman–Crippen LogP) is 2.87. The van der Waals surface area contributed by atoms with E-state index in [1.807, 2.05) is 17.9 Å². The van der Waals surface area contributed by atoms with Crippen LogP contribution in [0.3, 0.4) is 0 Å². The number of carbonyl (C=O) groups is 1. The highest BCUT2D eigenvalue weighted by atomic mass is 79.9. The fourth-order valence-electron chi connectivity index (χ4n) is 2.76. The molecule has 1 aliphatic heterocycles. The number of likely N-dealkylation sites (N-methyl/N-ethyl adjacent to an activating group) is 1. The lowest BCUT2D eigenvalue weighted by molar-refractivity contribution is -0.139. The van der Waals surface area contributed by atoms with Gasteiger partial charge in [0.15, 0.2) is 0 Å². The van der Waals surface area contributed by atoms with Gasteiger partial charge in [-0.2, -0.15) is 0 Å². The van der Waals surface area contributed by atoms with Crippen LogP contribution in [0.5, 0.6) is 0 Å². The molecule has 1 saturated heterocycles. The van der Waals surface area contributed by atoms with Crippen molar-refractivity contribution >= 4 is 39.3 Å². The molecule has 0 bridgehead atoms. The van der Waals surface area contributed by atoms with Gasteiger partial charge in [0.1, 0.15) is 5.82 Å². The van der Waals surface area contributed by atoms with Gasteiger partial charge >= 0.3 is 5.97 Å². The maximum absolute atomic E-state index is 10.9. The summed E-state index contributed by atoms with van der Waals surface area (Å²) < 4.78 is 0.895. The van der Waals surface area contributed by atoms with E-state index in [2.05, 4.69) is 25.8 Å². The van der Waals surface area contributed by atoms with Gasteiger partial charge in [-0.05, 0) is 41.4 Å². The number of pyridine rings is 1. The second-order valence-electron chi connectivity index (χ2n) is 5.13. The number of rotatable bonds is 5. The van der Waals surface area contributed by atoms with Crippen molar-refractivity contribution in [2.75, 3.05) is 31.1 Å². The third-order valence-electron chi connectivity index (χ3n) is 3.81. The highest BCUT2D eigenvalue weighted by Crippen LogP contribution is 2.29. The van der Waals surface area contributed by atoms with E-state index in [1.165, 1.54) is 0 Å². The summed E-state index contributed by atoms with van der Waals surface area (Å²) >= 11 is 9.41. The minimum Gasteiger partial charge on any atom is -0.480 e. The summed E-state index contributed by atoms with van der Waals surface area (Å²) in [6, 6.07) is 2.17. The highest BCUT2D eigenvalue weighted by Gasteiger charge is 2.26. The number of anilines is 1. The highest BCUT2D eigenvalue weighted by molar-refractivity contribution is 9.10. The summed E-state index contributed by atoms with van der Waals surface area (Å²) in [4.78, 5) is 19.5. The Kier molecular flexibility index (Phi) is 5.84. The van der Waals surface area contributed by atoms with Gasteiger partial charge in [0, 0.05) is 25.3 Å². The lowest BCUT2D eigenvalue weighted by Crippen LogP contribution is -2.46. The number of piperidine rings is 1. The average molecular weight is 377 g/mol. The van der Waals surface area contributed by atoms with Crippen LogP contribution >= 0.6 is 27.5 Å². The first-order chi connectivity index (χ1) is 10.0. The molecule has 0 spiro atoms. The SMILES string of the molecule is CCN(CC(=O)O)C1CCN(c2ncc(Cl)cc2Br)CC1. The molecule has 116 valence electrons. The first kappa shape index (κ1) is 16.5. The molecule has 21 heavy (non-hydrogen) atoms. The molecule has 0 amide bonds. The van der Waals surface area contributed by atoms with Crippen molar-refractivity contribution in [3.63, 3.8) is 0 Å². The van der Waals surface area contributed by atoms with Crippen LogP contribution in [0.4, 0.5) is 5.82 Å². The van der Waals surface area contributed by atoms with E-state index < -0.39 is 5.97 Å². The van der Waals surface area contributed by atoms with E-state index >= 15 is 0 Å². The summed E-state index contributed by atoms with van der Waals surface area (Å²) in [5.74, 6) is 0.139. The lowest BCUT2D eigenvalue weighted by Gasteiger charge is -2.38. The quantitative estimate of drug-likeness (QED) is 0.856. The van der Waals surface area contributed by atoms with Crippen molar-refractivity contribution < 1.29 is 9.90 Å². The molecule has 1 fully saturated rings. The fraction of sp³-hybridized carbons (Fsp3) is 0.571. The number of carboxylic acid groups (broad SMARTS) is 1. The Morgan fingerprint density at radius 2 is 2.24 bits per heavy atom. The van der Waals surface area contributed by atoms with Crippen molar-refractivity contribution in [2.24, 2.45) is 0 Å². The molecule has 7 heteroatoms. The Morgan fingerprint density at radius 1 is 1.57 bits per heavy atom. The predicted molar refractivity (Wildman–Crippen MR) is 87.1 cm³/mol. The van der Waals surface area contributed by atoms with E-state index in [4.69, 9.17) is 16.7 Å². The number of halogens is 2. The Hall–Kier alpha value is -0.850. The number of hydrogen-bond acceptors (Lipinski definition) is 4. The van der Waals surface area contributed by atoms with Crippen molar-refractivity contribution in [3.05, 3.63) is 21.8 Å². The molecule has 0 atom stereocenters. The van der Waals surface area contributed by atoms with Crippen LogP contribution in [0.2, 0.25) is 5.02 Å². The monoisotopic (exact) mass is 375 g/mol. The first-order valence-corrected chi connectivity index (χ1v) is 8.20. The van der Waals surface area contributed by atoms with E-state index in [-0.39, 0.29) is 6.54 Å². The number of aliphatic carboxylic acids is 1. The first-order valence-electron chi connectivity index (χ1n) is 7.03. The Morgan fingerprint density at radius 3 is 2.76 bits per heavy atom. The molecule has 2 heterocycles. The molecule has 0 aromatic carbocycles. The Labute approximate surface area is 138 Å². The van der Waals surface area contributed by atoms with Gasteiger partial charge in [0.2, 0.25) is 0 Å². The van der Waals surface area contributed by atoms with Crippen LogP contribution in [-0.2, 0) is 4.79 Å². The van der Waals surface area contributed by atoms with Crippen LogP contribution in [0.25, 0.3) is 0 Å². The number of nitrogens with zero attached hydrogens (tertiary/aromatic N) is 3. The Balaban J connectivity index is 1.97. The van der Waals surface area contributed by atoms with E-state index in [1.54, 1.807) is 6.20 Å². The molecule has 5 nitrogen and oxygen atoms in total. The normalized spacial score (nSPS) is 16.5. The second-order valence-corrected chi connectivity index (χ2v) is 6.42. The zero-order valence-electron chi connectivity index (χ0n) is 11.9. The molecule has 1 N–H and O–H groups in total. The van der Waals surface area contributed by atoms with E-state index in [0.717, 1.165) is 42.8 Å². The molecule has 0 aliphatic carbocycles. The van der Waals surface area contributed by atoms with Gasteiger partial charge in [-0.15, -0.1) is 0 Å². The van der Waals surface area contributed by atoms with E-state index in [9.17, 15) is 4.79 Å². The summed E-state index contributed by atoms with van der Waals surface area (Å²) in [6.45, 7) is 4.62. The Bertz CT molecular complexity index is 507. The minimum absolute atomic E-state index is 0.115. The van der Waals surface area contributed by atoms with Crippen LogP contribution < -0.4 is 4.90 Å². The van der Waals surface area contributed by atoms with Crippen molar-refractivity contribution in [1.29, 1.82) is 0 Å². The van der Waals surface area contributed by atoms with Gasteiger partial charge < -0.3 is 10.0 Å². The van der Waals surface area contributed by atoms with Crippen molar-refractivity contribution in [1.82, 2.24) is 9.88 Å². The number of hydrogen-bond donors (Lipinski definition) is 1. The van der Waals surface area contributed by atoms with Gasteiger partial charge in [-0.25, -0.2) is 4.98 Å². The van der Waals surface area contributed by atoms with Gasteiger partial charge in [0.05, 0.1) is 16.0 Å². The summed E-state index contributed by atoms with van der Waals surface area (Å²) in [6.07, 6.45) is 3.53. The second kappa shape index (κ2) is 7.42. The van der Waals surface area contributed by atoms with Gasteiger partial charge in [0.25, 0.3) is 0 Å². The summed E-state index contributed by atoms with van der Waals surface area (Å²) in [5.41, 5.74) is 0. The largest absolute Gasteiger partial charge is 0.480 e. The summed E-state index contributed by atoms with van der Waals surface area (Å²) in [7, 11) is 0. The van der Waals surface area contributed by atoms with Crippen molar-refractivity contribution in [2.45, 2.75) is 25.8 Å². The third-order valence-corrected chi connectivity index (χ3v) is 4.60. The fourth-order valence-corrected chi connectivity index (χ4v) is 3.65. The molecule has 0 unspecified atom stereocenters. The standard InChI is InChI=1S/C14H19BrClN3O2/c1-2-18(9-13(20)21)11-3-5-19(6-4-11)14-12(15)7-10(16)8-17-14/h7-8,11H,2-6,9H2,1H3,(H,20,21). The third kappa shape index (κ3) is 4.31. The van der Waals surface area contributed by atoms with Crippen LogP contribution in [-0.4, -0.2) is 53.2 Å². The number of aromatic nitrogens is 1. The number of carboxylic acids is 1. The zero-order chi connectivity index (χ0) is 15.4. The van der Waals surface area contributed by atoms with Crippen LogP contribution in [0.1, 0.15) is 19.8 Å². The maximum Gasteiger partial charge on any atom is 0.317 e. The van der Waals surface area contributed by atoms with E-state index in [0.29, 0.717) is 11.1 Å². The van der Waals surface area contributed by atoms with Crippen LogP contribution in [0, 0.1) is 0 Å². The molecule has 1 aromatic heterocycles. The lowest BCUT2D eigenvalue weighted by atomic mass is 10.0. The molecule has 0 radical (unpaired) electrons. The molecular weight excluding hydrogens is 358 g/mol. The summed E-state index contributed by atoms with van der Waals surface area (Å²) in [5, 5.41) is 9.57. The average Bonchev–Trinajstić information content (AvgIpc) is 2.45. The topological polar surface area (TPSA) is 56.7 Å². The maximum atomic E-state index is 10.9. The molecular formula is C14H19BrClN3O2. The molecule has 1 aromatic rings. The molecule has 2 rings (SSSR count). The van der Waals surface area contributed by atoms with Crippen LogP contribution in [0.15, 0.2) is 16.7 Å². The smallest absolute Gasteiger partial charge is 0.317 e.